The van der Waals surface area contributed by atoms with Crippen molar-refractivity contribution >= 4 is 5.97 Å². The largest absolute Gasteiger partial charge is 0.481 e. The van der Waals surface area contributed by atoms with Gasteiger partial charge in [0.15, 0.2) is 0 Å². The summed E-state index contributed by atoms with van der Waals surface area (Å²) in [5.41, 5.74) is 0. The molecule has 0 aliphatic carbocycles. The second kappa shape index (κ2) is 25.3. The number of rotatable bonds is 13. The van der Waals surface area contributed by atoms with Crippen LogP contribution in [0.5, 0.6) is 0 Å². The zero-order valence-electron chi connectivity index (χ0n) is 15.9. The van der Waals surface area contributed by atoms with E-state index in [1.165, 1.54) is 12.8 Å². The van der Waals surface area contributed by atoms with Crippen LogP contribution in [0.4, 0.5) is 0 Å². The maximum atomic E-state index is 11.0. The molecule has 0 saturated carbocycles. The third-order valence-corrected chi connectivity index (χ3v) is 2.90. The number of carboxylic acid groups (broad SMARTS) is 1. The predicted octanol–water partition coefficient (Wildman–Crippen LogP) is 4.73. The summed E-state index contributed by atoms with van der Waals surface area (Å²) in [6.07, 6.45) is 6.08. The molecule has 0 fully saturated rings. The van der Waals surface area contributed by atoms with Crippen molar-refractivity contribution in [2.45, 2.75) is 80.1 Å². The second-order valence-corrected chi connectivity index (χ2v) is 4.70. The Morgan fingerprint density at radius 3 is 2.09 bits per heavy atom. The van der Waals surface area contributed by atoms with Gasteiger partial charge < -0.3 is 15.2 Å². The van der Waals surface area contributed by atoms with Gasteiger partial charge in [0.1, 0.15) is 0 Å². The van der Waals surface area contributed by atoms with E-state index in [4.69, 9.17) is 9.84 Å². The average molecular weight is 320 g/mol. The lowest BCUT2D eigenvalue weighted by Crippen LogP contribution is -2.29. The molecule has 0 aliphatic heterocycles. The molecule has 2 N–H and O–H groups in total. The van der Waals surface area contributed by atoms with Crippen LogP contribution in [0.3, 0.4) is 0 Å². The van der Waals surface area contributed by atoms with Gasteiger partial charge in [-0.3, -0.25) is 4.79 Å². The van der Waals surface area contributed by atoms with Gasteiger partial charge in [0.25, 0.3) is 0 Å². The predicted molar refractivity (Wildman–Crippen MR) is 96.6 cm³/mol. The van der Waals surface area contributed by atoms with Crippen molar-refractivity contribution in [3.05, 3.63) is 0 Å². The van der Waals surface area contributed by atoms with Gasteiger partial charge in [0, 0.05) is 19.8 Å². The van der Waals surface area contributed by atoms with E-state index in [0.717, 1.165) is 32.4 Å². The molecule has 1 unspecified atom stereocenters. The fourth-order valence-corrected chi connectivity index (χ4v) is 1.75. The van der Waals surface area contributed by atoms with Gasteiger partial charge in [-0.05, 0) is 32.2 Å². The lowest BCUT2D eigenvalue weighted by atomic mass is 10.0. The van der Waals surface area contributed by atoms with Crippen LogP contribution in [0.15, 0.2) is 0 Å². The number of aliphatic carboxylic acids is 1. The first-order valence-electron chi connectivity index (χ1n) is 9.23. The van der Waals surface area contributed by atoms with Crippen LogP contribution in [0, 0.1) is 5.92 Å². The lowest BCUT2D eigenvalue weighted by Gasteiger charge is -2.13. The standard InChI is InChI=1S/C14H29NO3.2C2H6/c1-3-5-6-10-18-11-7-8-13(14(16)17)12-15-9-4-2;2*1-2/h13,15H,3-12H2,1-2H3,(H,16,17);2*1-2H3. The summed E-state index contributed by atoms with van der Waals surface area (Å²) in [5, 5.41) is 12.2. The van der Waals surface area contributed by atoms with Gasteiger partial charge in [0.05, 0.1) is 5.92 Å². The first kappa shape index (κ1) is 26.3. The molecule has 0 heterocycles. The fourth-order valence-electron chi connectivity index (χ4n) is 1.75. The summed E-state index contributed by atoms with van der Waals surface area (Å²) in [5.74, 6) is -0.986. The van der Waals surface area contributed by atoms with E-state index < -0.39 is 5.97 Å². The van der Waals surface area contributed by atoms with E-state index in [1.807, 2.05) is 27.7 Å². The van der Waals surface area contributed by atoms with Crippen LogP contribution in [0.1, 0.15) is 80.1 Å². The molecule has 1 atom stereocenters. The third kappa shape index (κ3) is 21.7. The van der Waals surface area contributed by atoms with Crippen molar-refractivity contribution in [3.8, 4) is 0 Å². The van der Waals surface area contributed by atoms with Crippen LogP contribution < -0.4 is 5.32 Å². The van der Waals surface area contributed by atoms with E-state index in [0.29, 0.717) is 19.6 Å². The van der Waals surface area contributed by atoms with Crippen LogP contribution in [0.25, 0.3) is 0 Å². The molecule has 0 aromatic rings. The van der Waals surface area contributed by atoms with Crippen LogP contribution in [0.2, 0.25) is 0 Å². The first-order chi connectivity index (χ1) is 10.7. The highest BCUT2D eigenvalue weighted by Gasteiger charge is 2.15. The minimum absolute atomic E-state index is 0.282. The van der Waals surface area contributed by atoms with Crippen molar-refractivity contribution in [1.29, 1.82) is 0 Å². The van der Waals surface area contributed by atoms with E-state index in [1.54, 1.807) is 0 Å². The summed E-state index contributed by atoms with van der Waals surface area (Å²) in [4.78, 5) is 11.0. The summed E-state index contributed by atoms with van der Waals surface area (Å²) in [6, 6.07) is 0. The molecule has 22 heavy (non-hydrogen) atoms. The van der Waals surface area contributed by atoms with Crippen molar-refractivity contribution in [3.63, 3.8) is 0 Å². The first-order valence-corrected chi connectivity index (χ1v) is 9.23. The zero-order valence-corrected chi connectivity index (χ0v) is 15.9. The number of carboxylic acids is 1. The molecule has 0 aromatic heterocycles. The highest BCUT2D eigenvalue weighted by Crippen LogP contribution is 2.06. The Hall–Kier alpha value is -0.610. The number of nitrogens with one attached hydrogen (secondary N) is 1. The van der Waals surface area contributed by atoms with Gasteiger partial charge in [-0.2, -0.15) is 0 Å². The van der Waals surface area contributed by atoms with E-state index >= 15 is 0 Å². The Labute approximate surface area is 139 Å². The third-order valence-electron chi connectivity index (χ3n) is 2.90. The van der Waals surface area contributed by atoms with Crippen molar-refractivity contribution in [2.75, 3.05) is 26.3 Å². The Morgan fingerprint density at radius 1 is 1.00 bits per heavy atom. The molecule has 0 rings (SSSR count). The number of carbonyl (C=O) groups is 1. The SMILES string of the molecule is CC.CC.CCCCCOCCCC(CNCCC)C(=O)O. The molecule has 136 valence electrons. The molecular formula is C18H41NO3. The molecule has 0 spiro atoms. The van der Waals surface area contributed by atoms with Crippen molar-refractivity contribution in [1.82, 2.24) is 5.32 Å². The summed E-state index contributed by atoms with van der Waals surface area (Å²) in [7, 11) is 0. The maximum Gasteiger partial charge on any atom is 0.307 e. The Morgan fingerprint density at radius 2 is 1.59 bits per heavy atom. The van der Waals surface area contributed by atoms with Crippen molar-refractivity contribution in [2.24, 2.45) is 5.92 Å². The molecule has 4 heteroatoms. The molecule has 0 saturated heterocycles. The molecule has 0 bridgehead atoms. The van der Waals surface area contributed by atoms with Gasteiger partial charge in [0.2, 0.25) is 0 Å². The number of hydrogen-bond donors (Lipinski definition) is 2. The Kier molecular flexibility index (Phi) is 30.3. The number of unbranched alkanes of at least 4 members (excludes halogenated alkanes) is 2. The van der Waals surface area contributed by atoms with Crippen molar-refractivity contribution < 1.29 is 14.6 Å². The highest BCUT2D eigenvalue weighted by molar-refractivity contribution is 5.70. The fraction of sp³-hybridized carbons (Fsp3) is 0.944. The normalized spacial score (nSPS) is 10.8. The highest BCUT2D eigenvalue weighted by atomic mass is 16.5. The van der Waals surface area contributed by atoms with Gasteiger partial charge >= 0.3 is 5.97 Å². The molecule has 0 radical (unpaired) electrons. The van der Waals surface area contributed by atoms with Gasteiger partial charge in [-0.1, -0.05) is 54.4 Å². The quantitative estimate of drug-likeness (QED) is 0.482. The van der Waals surface area contributed by atoms with Crippen LogP contribution in [-0.2, 0) is 9.53 Å². The van der Waals surface area contributed by atoms with E-state index in [9.17, 15) is 4.79 Å². The summed E-state index contributed by atoms with van der Waals surface area (Å²) >= 11 is 0. The number of hydrogen-bond acceptors (Lipinski definition) is 3. The molecular weight excluding hydrogens is 278 g/mol. The smallest absolute Gasteiger partial charge is 0.307 e. The topological polar surface area (TPSA) is 58.6 Å². The minimum atomic E-state index is -0.704. The second-order valence-electron chi connectivity index (χ2n) is 4.70. The molecule has 0 amide bonds. The minimum Gasteiger partial charge on any atom is -0.481 e. The maximum absolute atomic E-state index is 11.0. The van der Waals surface area contributed by atoms with Gasteiger partial charge in [-0.15, -0.1) is 0 Å². The summed E-state index contributed by atoms with van der Waals surface area (Å²) < 4.78 is 5.48. The molecule has 0 aromatic carbocycles. The lowest BCUT2D eigenvalue weighted by molar-refractivity contribution is -0.141. The number of ether oxygens (including phenoxy) is 1. The average Bonchev–Trinajstić information content (AvgIpc) is 2.56. The van der Waals surface area contributed by atoms with E-state index in [-0.39, 0.29) is 5.92 Å². The van der Waals surface area contributed by atoms with E-state index in [2.05, 4.69) is 19.2 Å². The Balaban J connectivity index is -0.000000826. The molecule has 4 nitrogen and oxygen atoms in total. The van der Waals surface area contributed by atoms with Crippen LogP contribution in [-0.4, -0.2) is 37.4 Å². The monoisotopic (exact) mass is 319 g/mol. The van der Waals surface area contributed by atoms with Crippen LogP contribution >= 0.6 is 0 Å². The Bertz CT molecular complexity index is 199. The molecule has 0 aliphatic rings. The van der Waals surface area contributed by atoms with Gasteiger partial charge in [-0.25, -0.2) is 0 Å². The zero-order chi connectivity index (χ0) is 17.6. The summed E-state index contributed by atoms with van der Waals surface area (Å²) in [6.45, 7) is 15.2.